The first kappa shape index (κ1) is 22.6. The number of rotatable bonds is 8. The Labute approximate surface area is 164 Å². The van der Waals surface area contributed by atoms with Crippen LogP contribution in [0.2, 0.25) is 0 Å². The average molecular weight is 447 g/mol. The Morgan fingerprint density at radius 1 is 1.15 bits per heavy atom. The Morgan fingerprint density at radius 2 is 1.77 bits per heavy atom. The SMILES string of the molecule is Cc1c(Br)cccc1CS(=O)(=O)NC(=O)C(NC(=O)CC(C)C)C(C)C. The molecule has 1 rings (SSSR count). The van der Waals surface area contributed by atoms with Gasteiger partial charge in [-0.3, -0.25) is 14.3 Å². The Bertz CT molecular complexity index is 760. The molecule has 1 aromatic carbocycles. The number of hydrogen-bond acceptors (Lipinski definition) is 4. The zero-order valence-corrected chi connectivity index (χ0v) is 18.2. The molecule has 6 nitrogen and oxygen atoms in total. The van der Waals surface area contributed by atoms with Crippen LogP contribution in [0.25, 0.3) is 0 Å². The van der Waals surface area contributed by atoms with Crippen molar-refractivity contribution in [2.75, 3.05) is 0 Å². The summed E-state index contributed by atoms with van der Waals surface area (Å²) in [6.07, 6.45) is 0.278. The molecule has 0 bridgehead atoms. The molecule has 2 amide bonds. The van der Waals surface area contributed by atoms with Crippen molar-refractivity contribution in [1.29, 1.82) is 0 Å². The summed E-state index contributed by atoms with van der Waals surface area (Å²) in [7, 11) is -3.88. The fourth-order valence-electron chi connectivity index (χ4n) is 2.40. The molecular weight excluding hydrogens is 420 g/mol. The molecule has 0 aromatic heterocycles. The van der Waals surface area contributed by atoms with Crippen LogP contribution in [0.1, 0.15) is 45.2 Å². The summed E-state index contributed by atoms with van der Waals surface area (Å²) >= 11 is 3.36. The molecule has 8 heteroatoms. The Balaban J connectivity index is 2.86. The van der Waals surface area contributed by atoms with Gasteiger partial charge >= 0.3 is 0 Å². The monoisotopic (exact) mass is 446 g/mol. The minimum atomic E-state index is -3.88. The van der Waals surface area contributed by atoms with Gasteiger partial charge in [0.2, 0.25) is 15.9 Å². The van der Waals surface area contributed by atoms with Gasteiger partial charge in [0.15, 0.2) is 0 Å². The highest BCUT2D eigenvalue weighted by atomic mass is 79.9. The molecule has 0 saturated carbocycles. The first-order valence-corrected chi connectivity index (χ1v) is 10.9. The molecule has 0 aliphatic heterocycles. The van der Waals surface area contributed by atoms with Crippen molar-refractivity contribution in [3.8, 4) is 0 Å². The van der Waals surface area contributed by atoms with Gasteiger partial charge in [-0.1, -0.05) is 55.8 Å². The molecule has 2 N–H and O–H groups in total. The molecule has 0 aliphatic carbocycles. The topological polar surface area (TPSA) is 92.3 Å². The van der Waals surface area contributed by atoms with E-state index in [0.717, 1.165) is 10.0 Å². The lowest BCUT2D eigenvalue weighted by Crippen LogP contribution is -2.51. The Kier molecular flexibility index (Phi) is 8.27. The van der Waals surface area contributed by atoms with Crippen LogP contribution in [0.15, 0.2) is 22.7 Å². The van der Waals surface area contributed by atoms with Crippen LogP contribution in [0.4, 0.5) is 0 Å². The molecule has 0 spiro atoms. The molecular formula is C18H27BrN2O4S. The standard InChI is InChI=1S/C18H27BrN2O4S/c1-11(2)9-16(22)20-17(12(3)4)18(23)21-26(24,25)10-14-7-6-8-15(19)13(14)5/h6-8,11-12,17H,9-10H2,1-5H3,(H,20,22)(H,21,23). The third-order valence-electron chi connectivity index (χ3n) is 3.84. The maximum absolute atomic E-state index is 12.4. The van der Waals surface area contributed by atoms with Gasteiger partial charge < -0.3 is 5.32 Å². The number of nitrogens with one attached hydrogen (secondary N) is 2. The van der Waals surface area contributed by atoms with Gasteiger partial charge in [-0.25, -0.2) is 8.42 Å². The van der Waals surface area contributed by atoms with Gasteiger partial charge in [-0.05, 0) is 36.0 Å². The molecule has 0 aliphatic rings. The van der Waals surface area contributed by atoms with Gasteiger partial charge in [-0.2, -0.15) is 0 Å². The minimum Gasteiger partial charge on any atom is -0.344 e. The highest BCUT2D eigenvalue weighted by molar-refractivity contribution is 9.10. The number of carbonyl (C=O) groups is 2. The van der Waals surface area contributed by atoms with Crippen LogP contribution in [-0.4, -0.2) is 26.3 Å². The maximum Gasteiger partial charge on any atom is 0.256 e. The second kappa shape index (κ2) is 9.50. The lowest BCUT2D eigenvalue weighted by molar-refractivity contribution is -0.129. The average Bonchev–Trinajstić information content (AvgIpc) is 2.47. The number of sulfonamides is 1. The molecule has 1 atom stereocenters. The number of amides is 2. The molecule has 146 valence electrons. The molecule has 0 heterocycles. The fourth-order valence-corrected chi connectivity index (χ4v) is 4.04. The van der Waals surface area contributed by atoms with Crippen molar-refractivity contribution in [3.63, 3.8) is 0 Å². The van der Waals surface area contributed by atoms with Gasteiger partial charge in [0.25, 0.3) is 5.91 Å². The van der Waals surface area contributed by atoms with Crippen molar-refractivity contribution in [3.05, 3.63) is 33.8 Å². The molecule has 0 saturated heterocycles. The third kappa shape index (κ3) is 7.07. The molecule has 26 heavy (non-hydrogen) atoms. The number of carbonyl (C=O) groups excluding carboxylic acids is 2. The predicted molar refractivity (Wildman–Crippen MR) is 106 cm³/mol. The quantitative estimate of drug-likeness (QED) is 0.641. The summed E-state index contributed by atoms with van der Waals surface area (Å²) in [6, 6.07) is 4.36. The second-order valence-corrected chi connectivity index (χ2v) is 9.71. The van der Waals surface area contributed by atoms with Gasteiger partial charge in [0.1, 0.15) is 6.04 Å². The fraction of sp³-hybridized carbons (Fsp3) is 0.556. The van der Waals surface area contributed by atoms with Gasteiger partial charge in [0, 0.05) is 10.9 Å². The van der Waals surface area contributed by atoms with E-state index in [-0.39, 0.29) is 29.9 Å². The van der Waals surface area contributed by atoms with Crippen molar-refractivity contribution < 1.29 is 18.0 Å². The summed E-state index contributed by atoms with van der Waals surface area (Å²) in [5, 5.41) is 2.63. The lowest BCUT2D eigenvalue weighted by Gasteiger charge is -2.22. The van der Waals surface area contributed by atoms with E-state index in [4.69, 9.17) is 0 Å². The number of benzene rings is 1. The van der Waals surface area contributed by atoms with E-state index in [1.54, 1.807) is 32.9 Å². The van der Waals surface area contributed by atoms with Crippen molar-refractivity contribution in [2.24, 2.45) is 11.8 Å². The highest BCUT2D eigenvalue weighted by Crippen LogP contribution is 2.21. The van der Waals surface area contributed by atoms with Crippen molar-refractivity contribution in [2.45, 2.75) is 52.8 Å². The van der Waals surface area contributed by atoms with Crippen LogP contribution < -0.4 is 10.0 Å². The van der Waals surface area contributed by atoms with Gasteiger partial charge in [-0.15, -0.1) is 0 Å². The number of halogens is 1. The van der Waals surface area contributed by atoms with E-state index in [1.165, 1.54) is 0 Å². The first-order chi connectivity index (χ1) is 11.9. The molecule has 1 unspecified atom stereocenters. The normalized spacial score (nSPS) is 12.9. The summed E-state index contributed by atoms with van der Waals surface area (Å²) in [5.41, 5.74) is 1.40. The summed E-state index contributed by atoms with van der Waals surface area (Å²) in [4.78, 5) is 24.4. The molecule has 0 fully saturated rings. The summed E-state index contributed by atoms with van der Waals surface area (Å²) < 4.78 is 27.7. The Hall–Kier alpha value is -1.41. The molecule has 1 aromatic rings. The van der Waals surface area contributed by atoms with Crippen LogP contribution in [0.5, 0.6) is 0 Å². The first-order valence-electron chi connectivity index (χ1n) is 8.50. The zero-order valence-electron chi connectivity index (χ0n) is 15.8. The largest absolute Gasteiger partial charge is 0.344 e. The van der Waals surface area contributed by atoms with E-state index in [0.29, 0.717) is 5.56 Å². The highest BCUT2D eigenvalue weighted by Gasteiger charge is 2.28. The summed E-state index contributed by atoms with van der Waals surface area (Å²) in [5.74, 6) is -1.39. The summed E-state index contributed by atoms with van der Waals surface area (Å²) in [6.45, 7) is 9.11. The minimum absolute atomic E-state index is 0.147. The van der Waals surface area contributed by atoms with E-state index in [2.05, 4.69) is 26.0 Å². The van der Waals surface area contributed by atoms with Crippen LogP contribution in [-0.2, 0) is 25.4 Å². The van der Waals surface area contributed by atoms with E-state index in [1.807, 2.05) is 19.9 Å². The van der Waals surface area contributed by atoms with E-state index in [9.17, 15) is 18.0 Å². The third-order valence-corrected chi connectivity index (χ3v) is 5.90. The maximum atomic E-state index is 12.4. The van der Waals surface area contributed by atoms with E-state index < -0.39 is 22.0 Å². The van der Waals surface area contributed by atoms with Crippen molar-refractivity contribution >= 4 is 37.8 Å². The van der Waals surface area contributed by atoms with Crippen LogP contribution in [0.3, 0.4) is 0 Å². The van der Waals surface area contributed by atoms with E-state index >= 15 is 0 Å². The smallest absolute Gasteiger partial charge is 0.256 e. The zero-order chi connectivity index (χ0) is 20.1. The molecule has 0 radical (unpaired) electrons. The van der Waals surface area contributed by atoms with Gasteiger partial charge in [0.05, 0.1) is 5.75 Å². The second-order valence-electron chi connectivity index (χ2n) is 7.14. The predicted octanol–water partition coefficient (Wildman–Crippen LogP) is 2.89. The lowest BCUT2D eigenvalue weighted by atomic mass is 10.0. The Morgan fingerprint density at radius 3 is 2.31 bits per heavy atom. The van der Waals surface area contributed by atoms with Crippen molar-refractivity contribution in [1.82, 2.24) is 10.0 Å². The van der Waals surface area contributed by atoms with Crippen LogP contribution >= 0.6 is 15.9 Å². The van der Waals surface area contributed by atoms with Crippen LogP contribution in [0, 0.1) is 18.8 Å². The number of hydrogen-bond donors (Lipinski definition) is 2.